The van der Waals surface area contributed by atoms with Gasteiger partial charge in [0, 0.05) is 23.5 Å². The number of nitrogens with zero attached hydrogens (tertiary/aromatic N) is 1. The highest BCUT2D eigenvalue weighted by Crippen LogP contribution is 2.36. The summed E-state index contributed by atoms with van der Waals surface area (Å²) in [6, 6.07) is 25.4. The lowest BCUT2D eigenvalue weighted by molar-refractivity contribution is 0.0662. The van der Waals surface area contributed by atoms with Crippen LogP contribution in [0.5, 0.6) is 17.2 Å². The van der Waals surface area contributed by atoms with Crippen LogP contribution in [0.3, 0.4) is 0 Å². The van der Waals surface area contributed by atoms with Crippen molar-refractivity contribution in [1.29, 1.82) is 0 Å². The highest BCUT2D eigenvalue weighted by atomic mass is 16.5. The molecular formula is C27H29N3O3. The molecule has 0 spiro atoms. The van der Waals surface area contributed by atoms with Crippen LogP contribution in [0.25, 0.3) is 0 Å². The van der Waals surface area contributed by atoms with Gasteiger partial charge in [-0.1, -0.05) is 18.2 Å². The number of hydrogen-bond acceptors (Lipinski definition) is 4. The Bertz CT molecular complexity index is 1060. The van der Waals surface area contributed by atoms with Crippen LogP contribution in [0, 0.1) is 0 Å². The molecule has 0 saturated carbocycles. The van der Waals surface area contributed by atoms with Gasteiger partial charge in [0.1, 0.15) is 23.4 Å². The summed E-state index contributed by atoms with van der Waals surface area (Å²) in [4.78, 5) is 14.9. The Morgan fingerprint density at radius 2 is 1.27 bits per heavy atom. The summed E-state index contributed by atoms with van der Waals surface area (Å²) < 4.78 is 12.0. The molecule has 2 unspecified atom stereocenters. The fourth-order valence-electron chi connectivity index (χ4n) is 4.79. The van der Waals surface area contributed by atoms with E-state index in [0.717, 1.165) is 24.3 Å². The largest absolute Gasteiger partial charge is 0.490 e. The number of fused-ring (bicyclic) bond motifs is 2. The third-order valence-electron chi connectivity index (χ3n) is 6.56. The molecular weight excluding hydrogens is 414 g/mol. The lowest BCUT2D eigenvalue weighted by Gasteiger charge is -2.36. The predicted octanol–water partition coefficient (Wildman–Crippen LogP) is 6.13. The number of anilines is 2. The molecule has 2 heterocycles. The molecule has 33 heavy (non-hydrogen) atoms. The first-order chi connectivity index (χ1) is 16.1. The minimum absolute atomic E-state index is 0.273. The maximum absolute atomic E-state index is 12.4. The van der Waals surface area contributed by atoms with Gasteiger partial charge < -0.3 is 25.0 Å². The molecule has 2 N–H and O–H groups in total. The number of nitrogens with one attached hydrogen (secondary N) is 2. The third-order valence-corrected chi connectivity index (χ3v) is 6.56. The molecule has 2 aliphatic heterocycles. The topological polar surface area (TPSA) is 62.8 Å². The van der Waals surface area contributed by atoms with Crippen LogP contribution < -0.4 is 20.1 Å². The van der Waals surface area contributed by atoms with E-state index in [4.69, 9.17) is 9.47 Å². The van der Waals surface area contributed by atoms with Crippen molar-refractivity contribution in [3.05, 3.63) is 78.9 Å². The SMILES string of the molecule is CN1C2CCC1CC(Oc1ccc(NC(=O)Nc3ccc(Oc4ccccc4)cc3)cc1)C2. The molecule has 3 aromatic carbocycles. The Balaban J connectivity index is 1.10. The first-order valence-electron chi connectivity index (χ1n) is 11.5. The molecule has 2 saturated heterocycles. The van der Waals surface area contributed by atoms with E-state index in [1.165, 1.54) is 12.8 Å². The van der Waals surface area contributed by atoms with Crippen LogP contribution in [0.1, 0.15) is 25.7 Å². The van der Waals surface area contributed by atoms with Crippen molar-refractivity contribution < 1.29 is 14.3 Å². The number of carbonyl (C=O) groups excluding carboxylic acids is 1. The quantitative estimate of drug-likeness (QED) is 0.481. The summed E-state index contributed by atoms with van der Waals surface area (Å²) in [5.74, 6) is 2.33. The van der Waals surface area contributed by atoms with Crippen LogP contribution in [0.4, 0.5) is 16.2 Å². The predicted molar refractivity (Wildman–Crippen MR) is 130 cm³/mol. The zero-order chi connectivity index (χ0) is 22.6. The summed E-state index contributed by atoms with van der Waals surface area (Å²) in [5.41, 5.74) is 1.40. The monoisotopic (exact) mass is 443 g/mol. The molecule has 6 heteroatoms. The van der Waals surface area contributed by atoms with Gasteiger partial charge in [-0.3, -0.25) is 0 Å². The number of para-hydroxylation sites is 1. The van der Waals surface area contributed by atoms with Crippen LogP contribution in [0.15, 0.2) is 78.9 Å². The second kappa shape index (κ2) is 9.55. The van der Waals surface area contributed by atoms with Gasteiger partial charge in [0.25, 0.3) is 0 Å². The Hall–Kier alpha value is -3.51. The number of ether oxygens (including phenoxy) is 2. The Morgan fingerprint density at radius 3 is 1.85 bits per heavy atom. The first-order valence-corrected chi connectivity index (χ1v) is 11.5. The smallest absolute Gasteiger partial charge is 0.323 e. The normalized spacial score (nSPS) is 21.9. The van der Waals surface area contributed by atoms with E-state index in [1.807, 2.05) is 78.9 Å². The zero-order valence-electron chi connectivity index (χ0n) is 18.7. The highest BCUT2D eigenvalue weighted by Gasteiger charge is 2.39. The highest BCUT2D eigenvalue weighted by molar-refractivity contribution is 5.99. The molecule has 0 aliphatic carbocycles. The molecule has 0 radical (unpaired) electrons. The molecule has 2 bridgehead atoms. The summed E-state index contributed by atoms with van der Waals surface area (Å²) in [7, 11) is 2.23. The zero-order valence-corrected chi connectivity index (χ0v) is 18.7. The van der Waals surface area contributed by atoms with Gasteiger partial charge in [-0.25, -0.2) is 4.79 Å². The van der Waals surface area contributed by atoms with Gasteiger partial charge in [0.05, 0.1) is 0 Å². The Kier molecular flexibility index (Phi) is 6.17. The van der Waals surface area contributed by atoms with Crippen molar-refractivity contribution in [3.63, 3.8) is 0 Å². The number of benzene rings is 3. The average Bonchev–Trinajstić information content (AvgIpc) is 3.03. The van der Waals surface area contributed by atoms with Crippen molar-refractivity contribution in [2.45, 2.75) is 43.9 Å². The fourth-order valence-corrected chi connectivity index (χ4v) is 4.79. The summed E-state index contributed by atoms with van der Waals surface area (Å²) in [6.45, 7) is 0. The summed E-state index contributed by atoms with van der Waals surface area (Å²) in [6.07, 6.45) is 5.01. The summed E-state index contributed by atoms with van der Waals surface area (Å²) in [5, 5.41) is 5.70. The lowest BCUT2D eigenvalue weighted by Crippen LogP contribution is -2.43. The molecule has 2 aliphatic rings. The molecule has 0 aromatic heterocycles. The van der Waals surface area contributed by atoms with Crippen LogP contribution in [-0.2, 0) is 0 Å². The molecule has 5 rings (SSSR count). The van der Waals surface area contributed by atoms with E-state index >= 15 is 0 Å². The van der Waals surface area contributed by atoms with E-state index in [-0.39, 0.29) is 12.1 Å². The first kappa shape index (κ1) is 21.3. The van der Waals surface area contributed by atoms with E-state index < -0.39 is 0 Å². The van der Waals surface area contributed by atoms with Crippen molar-refractivity contribution in [2.75, 3.05) is 17.7 Å². The average molecular weight is 444 g/mol. The van der Waals surface area contributed by atoms with Gasteiger partial charge in [-0.2, -0.15) is 0 Å². The number of amides is 2. The number of piperidine rings is 1. The molecule has 170 valence electrons. The number of rotatable bonds is 6. The maximum atomic E-state index is 12.4. The molecule has 3 aromatic rings. The molecule has 6 nitrogen and oxygen atoms in total. The van der Waals surface area contributed by atoms with Crippen molar-refractivity contribution in [3.8, 4) is 17.2 Å². The van der Waals surface area contributed by atoms with Gasteiger partial charge in [-0.05, 0) is 93.4 Å². The summed E-state index contributed by atoms with van der Waals surface area (Å²) >= 11 is 0. The molecule has 2 amide bonds. The number of hydrogen-bond donors (Lipinski definition) is 2. The van der Waals surface area contributed by atoms with Crippen molar-refractivity contribution >= 4 is 17.4 Å². The van der Waals surface area contributed by atoms with Gasteiger partial charge in [0.2, 0.25) is 0 Å². The molecule has 2 atom stereocenters. The van der Waals surface area contributed by atoms with E-state index in [9.17, 15) is 4.79 Å². The Labute approximate surface area is 194 Å². The molecule has 2 fully saturated rings. The number of urea groups is 1. The Morgan fingerprint density at radius 1 is 0.758 bits per heavy atom. The second-order valence-electron chi connectivity index (χ2n) is 8.80. The van der Waals surface area contributed by atoms with Crippen LogP contribution in [-0.4, -0.2) is 36.2 Å². The van der Waals surface area contributed by atoms with Gasteiger partial charge in [-0.15, -0.1) is 0 Å². The lowest BCUT2D eigenvalue weighted by atomic mass is 10.0. The van der Waals surface area contributed by atoms with E-state index in [2.05, 4.69) is 22.6 Å². The fraction of sp³-hybridized carbons (Fsp3) is 0.296. The van der Waals surface area contributed by atoms with E-state index in [0.29, 0.717) is 29.2 Å². The maximum Gasteiger partial charge on any atom is 0.323 e. The van der Waals surface area contributed by atoms with Crippen molar-refractivity contribution in [2.24, 2.45) is 0 Å². The minimum atomic E-state index is -0.299. The third kappa shape index (κ3) is 5.29. The van der Waals surface area contributed by atoms with Crippen LogP contribution in [0.2, 0.25) is 0 Å². The van der Waals surface area contributed by atoms with Gasteiger partial charge >= 0.3 is 6.03 Å². The second-order valence-corrected chi connectivity index (χ2v) is 8.80. The van der Waals surface area contributed by atoms with E-state index in [1.54, 1.807) is 0 Å². The number of carbonyl (C=O) groups is 1. The van der Waals surface area contributed by atoms with Crippen molar-refractivity contribution in [1.82, 2.24) is 4.90 Å². The standard InChI is InChI=1S/C27H29N3O3/c1-30-21-11-12-22(30)18-26(17-21)33-25-15-9-20(10-16-25)29-27(31)28-19-7-13-24(14-8-19)32-23-5-3-2-4-6-23/h2-10,13-16,21-22,26H,11-12,17-18H2,1H3,(H2,28,29,31). The van der Waals surface area contributed by atoms with Crippen LogP contribution >= 0.6 is 0 Å². The minimum Gasteiger partial charge on any atom is -0.490 e. The van der Waals surface area contributed by atoms with Gasteiger partial charge in [0.15, 0.2) is 0 Å².